The Morgan fingerprint density at radius 2 is 1.15 bits per heavy atom. The molecule has 0 spiro atoms. The molecule has 2 fully saturated rings. The smallest absolute Gasteiger partial charge is 0.410 e. The third kappa shape index (κ3) is 10.6. The molecule has 0 unspecified atom stereocenters. The number of nitrogens with one attached hydrogen (secondary N) is 1. The number of carbonyl (C=O) groups excluding carboxylic acids is 2. The average molecular weight is 471 g/mol. The van der Waals surface area contributed by atoms with Crippen molar-refractivity contribution in [3.8, 4) is 0 Å². The summed E-state index contributed by atoms with van der Waals surface area (Å²) >= 11 is 0. The number of piperidine rings is 2. The van der Waals surface area contributed by atoms with E-state index in [9.17, 15) is 9.59 Å². The van der Waals surface area contributed by atoms with Gasteiger partial charge in [-0.1, -0.05) is 5.16 Å². The molecule has 2 aliphatic heterocycles. The molecule has 2 heterocycles. The van der Waals surface area contributed by atoms with E-state index in [-0.39, 0.29) is 35.7 Å². The topological polar surface area (TPSA) is 168 Å². The Labute approximate surface area is 196 Å². The van der Waals surface area contributed by atoms with Gasteiger partial charge in [0.2, 0.25) is 0 Å². The number of hydrogen-bond acceptors (Lipinski definition) is 7. The van der Waals surface area contributed by atoms with Crippen LogP contribution < -0.4 is 11.5 Å². The molecule has 6 N–H and O–H groups in total. The van der Waals surface area contributed by atoms with E-state index >= 15 is 0 Å². The van der Waals surface area contributed by atoms with Crippen molar-refractivity contribution in [1.29, 1.82) is 5.41 Å². The predicted molar refractivity (Wildman–Crippen MR) is 126 cm³/mol. The van der Waals surface area contributed by atoms with Crippen molar-refractivity contribution in [2.75, 3.05) is 26.2 Å². The molecule has 11 nitrogen and oxygen atoms in total. The van der Waals surface area contributed by atoms with Gasteiger partial charge in [0.1, 0.15) is 17.0 Å². The van der Waals surface area contributed by atoms with Crippen LogP contribution in [0.1, 0.15) is 67.2 Å². The van der Waals surface area contributed by atoms with E-state index in [2.05, 4.69) is 5.16 Å². The first-order valence-corrected chi connectivity index (χ1v) is 11.4. The van der Waals surface area contributed by atoms with E-state index < -0.39 is 11.2 Å². The first-order valence-electron chi connectivity index (χ1n) is 11.4. The van der Waals surface area contributed by atoms with Crippen LogP contribution >= 0.6 is 0 Å². The molecule has 33 heavy (non-hydrogen) atoms. The Bertz CT molecular complexity index is 697. The zero-order valence-electron chi connectivity index (χ0n) is 20.9. The molecule has 11 heteroatoms. The van der Waals surface area contributed by atoms with Crippen LogP contribution in [0.3, 0.4) is 0 Å². The lowest BCUT2D eigenvalue weighted by Crippen LogP contribution is -2.44. The second-order valence-corrected chi connectivity index (χ2v) is 10.5. The minimum Gasteiger partial charge on any atom is -0.444 e. The summed E-state index contributed by atoms with van der Waals surface area (Å²) in [6.07, 6.45) is 2.36. The number of ether oxygens (including phenoxy) is 2. The van der Waals surface area contributed by atoms with Gasteiger partial charge in [-0.2, -0.15) is 0 Å². The number of nitrogens with two attached hydrogens (primary N) is 2. The molecule has 0 aliphatic carbocycles. The van der Waals surface area contributed by atoms with E-state index in [4.69, 9.17) is 31.6 Å². The van der Waals surface area contributed by atoms with Crippen LogP contribution in [-0.4, -0.2) is 76.2 Å². The number of amidine groups is 2. The highest BCUT2D eigenvalue weighted by Crippen LogP contribution is 2.20. The standard InChI is InChI=1S/C11H21N3O3.C11H21N3O2/c1-11(2,3)17-10(15)14-6-4-8(5-7-14)9(12)13-16;1-11(2,3)16-10(15)14-6-4-8(5-7-14)9(12)13/h8,16H,4-7H2,1-3H3,(H2,12,13);8H,4-7H2,1-3H3,(H3,12,13). The predicted octanol–water partition coefficient (Wildman–Crippen LogP) is 2.95. The average Bonchev–Trinajstić information content (AvgIpc) is 2.71. The third-order valence-corrected chi connectivity index (χ3v) is 5.27. The molecule has 2 aliphatic rings. The highest BCUT2D eigenvalue weighted by atomic mass is 16.6. The van der Waals surface area contributed by atoms with Gasteiger partial charge >= 0.3 is 12.2 Å². The highest BCUT2D eigenvalue weighted by Gasteiger charge is 2.29. The van der Waals surface area contributed by atoms with Gasteiger partial charge in [0, 0.05) is 38.0 Å². The Morgan fingerprint density at radius 3 is 1.42 bits per heavy atom. The van der Waals surface area contributed by atoms with Gasteiger partial charge in [-0.05, 0) is 67.2 Å². The molecule has 0 atom stereocenters. The Kier molecular flexibility index (Phi) is 10.2. The summed E-state index contributed by atoms with van der Waals surface area (Å²) in [6.45, 7) is 13.5. The first-order chi connectivity index (χ1) is 15.1. The summed E-state index contributed by atoms with van der Waals surface area (Å²) in [7, 11) is 0. The van der Waals surface area contributed by atoms with Crippen molar-refractivity contribution < 1.29 is 24.3 Å². The van der Waals surface area contributed by atoms with Crippen molar-refractivity contribution in [2.24, 2.45) is 28.5 Å². The van der Waals surface area contributed by atoms with Crippen molar-refractivity contribution in [2.45, 2.75) is 78.4 Å². The number of rotatable bonds is 2. The van der Waals surface area contributed by atoms with Gasteiger partial charge in [0.25, 0.3) is 0 Å². The number of nitrogens with zero attached hydrogens (tertiary/aromatic N) is 3. The fourth-order valence-corrected chi connectivity index (χ4v) is 3.47. The normalized spacial score (nSPS) is 18.8. The molecular weight excluding hydrogens is 428 g/mol. The molecule has 2 saturated heterocycles. The van der Waals surface area contributed by atoms with Gasteiger partial charge in [0.15, 0.2) is 0 Å². The number of carbonyl (C=O) groups is 2. The van der Waals surface area contributed by atoms with E-state index in [1.165, 1.54) is 0 Å². The number of amides is 2. The van der Waals surface area contributed by atoms with Crippen LogP contribution in [-0.2, 0) is 9.47 Å². The molecule has 0 saturated carbocycles. The van der Waals surface area contributed by atoms with Crippen LogP contribution in [0, 0.1) is 17.2 Å². The maximum Gasteiger partial charge on any atom is 0.410 e. The lowest BCUT2D eigenvalue weighted by Gasteiger charge is -2.32. The molecule has 190 valence electrons. The minimum atomic E-state index is -0.473. The van der Waals surface area contributed by atoms with E-state index in [0.29, 0.717) is 39.0 Å². The third-order valence-electron chi connectivity index (χ3n) is 5.27. The summed E-state index contributed by atoms with van der Waals surface area (Å²) in [4.78, 5) is 26.8. The SMILES string of the molecule is CC(C)(C)OC(=O)N1CCC(C(=N)N)CC1.CC(C)(C)OC(=O)N1CCC(C(N)=NO)CC1. The van der Waals surface area contributed by atoms with Crippen LogP contribution in [0.4, 0.5) is 9.59 Å². The van der Waals surface area contributed by atoms with Crippen LogP contribution in [0.5, 0.6) is 0 Å². The lowest BCUT2D eigenvalue weighted by atomic mass is 9.96. The Balaban J connectivity index is 0.000000331. The summed E-state index contributed by atoms with van der Waals surface area (Å²) in [5, 5.41) is 18.9. The molecule has 0 bridgehead atoms. The van der Waals surface area contributed by atoms with Gasteiger partial charge in [-0.3, -0.25) is 5.41 Å². The van der Waals surface area contributed by atoms with E-state index in [1.807, 2.05) is 41.5 Å². The van der Waals surface area contributed by atoms with Gasteiger partial charge in [-0.25, -0.2) is 9.59 Å². The molecule has 0 aromatic heterocycles. The number of oxime groups is 1. The number of hydrogen-bond donors (Lipinski definition) is 4. The lowest BCUT2D eigenvalue weighted by molar-refractivity contribution is 0.0191. The molecule has 0 radical (unpaired) electrons. The van der Waals surface area contributed by atoms with Gasteiger partial charge in [0.05, 0.1) is 5.84 Å². The summed E-state index contributed by atoms with van der Waals surface area (Å²) in [5.74, 6) is 0.648. The van der Waals surface area contributed by atoms with Crippen LogP contribution in [0.2, 0.25) is 0 Å². The minimum absolute atomic E-state index is 0.0543. The largest absolute Gasteiger partial charge is 0.444 e. The van der Waals surface area contributed by atoms with Crippen molar-refractivity contribution in [3.63, 3.8) is 0 Å². The van der Waals surface area contributed by atoms with Crippen LogP contribution in [0.25, 0.3) is 0 Å². The zero-order valence-corrected chi connectivity index (χ0v) is 20.9. The molecular formula is C22H42N6O5. The first kappa shape index (κ1) is 28.3. The van der Waals surface area contributed by atoms with Crippen LogP contribution in [0.15, 0.2) is 5.16 Å². The second-order valence-electron chi connectivity index (χ2n) is 10.5. The number of likely N-dealkylation sites (tertiary alicyclic amines) is 2. The quantitative estimate of drug-likeness (QED) is 0.208. The molecule has 2 rings (SSSR count). The summed E-state index contributed by atoms with van der Waals surface area (Å²) in [5.41, 5.74) is 10.1. The monoisotopic (exact) mass is 470 g/mol. The van der Waals surface area contributed by atoms with Gasteiger partial charge < -0.3 is 35.9 Å². The fraction of sp³-hybridized carbons (Fsp3) is 0.818. The second kappa shape index (κ2) is 11.9. The fourth-order valence-electron chi connectivity index (χ4n) is 3.47. The van der Waals surface area contributed by atoms with Crippen molar-refractivity contribution in [3.05, 3.63) is 0 Å². The highest BCUT2D eigenvalue weighted by molar-refractivity contribution is 5.82. The zero-order chi connectivity index (χ0) is 25.4. The molecule has 0 aromatic carbocycles. The summed E-state index contributed by atoms with van der Waals surface area (Å²) < 4.78 is 10.6. The van der Waals surface area contributed by atoms with E-state index in [0.717, 1.165) is 12.8 Å². The van der Waals surface area contributed by atoms with Crippen molar-refractivity contribution >= 4 is 23.9 Å². The van der Waals surface area contributed by atoms with Gasteiger partial charge in [-0.15, -0.1) is 0 Å². The maximum atomic E-state index is 11.8. The Morgan fingerprint density at radius 1 is 0.818 bits per heavy atom. The van der Waals surface area contributed by atoms with E-state index in [1.54, 1.807) is 9.80 Å². The molecule has 0 aromatic rings. The van der Waals surface area contributed by atoms with Crippen molar-refractivity contribution in [1.82, 2.24) is 9.80 Å². The summed E-state index contributed by atoms with van der Waals surface area (Å²) in [6, 6.07) is 0. The molecule has 2 amide bonds. The Hall–Kier alpha value is -2.72. The maximum absolute atomic E-state index is 11.8.